The second kappa shape index (κ2) is 4.80. The molecule has 0 spiro atoms. The van der Waals surface area contributed by atoms with Crippen LogP contribution in [0.4, 0.5) is 0 Å². The van der Waals surface area contributed by atoms with Gasteiger partial charge in [-0.15, -0.1) is 0 Å². The van der Waals surface area contributed by atoms with E-state index in [4.69, 9.17) is 5.11 Å². The lowest BCUT2D eigenvalue weighted by Gasteiger charge is -2.03. The lowest BCUT2D eigenvalue weighted by atomic mass is 10.2. The van der Waals surface area contributed by atoms with E-state index in [9.17, 15) is 4.79 Å². The molecule has 0 fully saturated rings. The predicted molar refractivity (Wildman–Crippen MR) is 60.8 cm³/mol. The summed E-state index contributed by atoms with van der Waals surface area (Å²) in [5.74, 6) is -0.388. The summed E-state index contributed by atoms with van der Waals surface area (Å²) in [4.78, 5) is 11.4. The third-order valence-corrected chi connectivity index (χ3v) is 2.35. The van der Waals surface area contributed by atoms with Crippen molar-refractivity contribution in [3.05, 3.63) is 47.8 Å². The van der Waals surface area contributed by atoms with Gasteiger partial charge >= 0.3 is 5.97 Å². The first-order valence-corrected chi connectivity index (χ1v) is 5.07. The molecule has 0 aliphatic rings. The zero-order chi connectivity index (χ0) is 12.3. The molecule has 0 radical (unpaired) electrons. The van der Waals surface area contributed by atoms with Crippen molar-refractivity contribution < 1.29 is 14.6 Å². The molecule has 88 valence electrons. The van der Waals surface area contributed by atoms with Gasteiger partial charge in [-0.3, -0.25) is 0 Å². The lowest BCUT2D eigenvalue weighted by molar-refractivity contribution is 0.0600. The van der Waals surface area contributed by atoms with Gasteiger partial charge in [0.25, 0.3) is 0 Å². The summed E-state index contributed by atoms with van der Waals surface area (Å²) >= 11 is 0. The second-order valence-corrected chi connectivity index (χ2v) is 3.49. The molecule has 0 aliphatic carbocycles. The topological polar surface area (TPSA) is 64.3 Å². The number of hydrogen-bond donors (Lipinski definition) is 1. The molecule has 5 heteroatoms. The summed E-state index contributed by atoms with van der Waals surface area (Å²) in [5.41, 5.74) is 1.92. The maximum absolute atomic E-state index is 11.4. The number of rotatable bonds is 3. The minimum absolute atomic E-state index is 0.0588. The number of nitrogens with zero attached hydrogens (tertiary/aromatic N) is 2. The van der Waals surface area contributed by atoms with Gasteiger partial charge in [0.05, 0.1) is 31.2 Å². The third kappa shape index (κ3) is 2.34. The Bertz CT molecular complexity index is 534. The quantitative estimate of drug-likeness (QED) is 0.806. The van der Waals surface area contributed by atoms with Crippen LogP contribution in [0.5, 0.6) is 0 Å². The predicted octanol–water partition coefficient (Wildman–Crippen LogP) is 1.15. The molecule has 0 saturated heterocycles. The number of ether oxygens (including phenoxy) is 1. The average Bonchev–Trinajstić information content (AvgIpc) is 2.86. The van der Waals surface area contributed by atoms with Gasteiger partial charge < -0.3 is 9.84 Å². The minimum Gasteiger partial charge on any atom is -0.465 e. The molecule has 17 heavy (non-hydrogen) atoms. The van der Waals surface area contributed by atoms with Gasteiger partial charge in [-0.2, -0.15) is 5.10 Å². The van der Waals surface area contributed by atoms with Gasteiger partial charge in [0.1, 0.15) is 0 Å². The molecule has 0 aliphatic heterocycles. The SMILES string of the molecule is COC(=O)c1cccc(-n2cc(CO)cn2)c1. The van der Waals surface area contributed by atoms with E-state index >= 15 is 0 Å². The first kappa shape index (κ1) is 11.3. The van der Waals surface area contributed by atoms with Crippen LogP contribution in [0.3, 0.4) is 0 Å². The molecule has 0 amide bonds. The zero-order valence-corrected chi connectivity index (χ0v) is 9.33. The van der Waals surface area contributed by atoms with Crippen LogP contribution in [0, 0.1) is 0 Å². The summed E-state index contributed by atoms with van der Waals surface area (Å²) in [6.45, 7) is -0.0588. The van der Waals surface area contributed by atoms with Crippen molar-refractivity contribution in [3.8, 4) is 5.69 Å². The summed E-state index contributed by atoms with van der Waals surface area (Å²) in [6, 6.07) is 6.92. The van der Waals surface area contributed by atoms with E-state index in [0.717, 1.165) is 5.69 Å². The van der Waals surface area contributed by atoms with Crippen molar-refractivity contribution in [2.45, 2.75) is 6.61 Å². The number of esters is 1. The van der Waals surface area contributed by atoms with Crippen molar-refractivity contribution in [3.63, 3.8) is 0 Å². The monoisotopic (exact) mass is 232 g/mol. The highest BCUT2D eigenvalue weighted by atomic mass is 16.5. The number of carbonyl (C=O) groups excluding carboxylic acids is 1. The summed E-state index contributed by atoms with van der Waals surface area (Å²) < 4.78 is 6.24. The molecular weight excluding hydrogens is 220 g/mol. The van der Waals surface area contributed by atoms with Crippen molar-refractivity contribution in [1.29, 1.82) is 0 Å². The largest absolute Gasteiger partial charge is 0.465 e. The fraction of sp³-hybridized carbons (Fsp3) is 0.167. The van der Waals surface area contributed by atoms with Crippen LogP contribution in [0.2, 0.25) is 0 Å². The van der Waals surface area contributed by atoms with Gasteiger partial charge in [-0.1, -0.05) is 6.07 Å². The molecule has 1 aromatic heterocycles. The van der Waals surface area contributed by atoms with Crippen LogP contribution in [0.1, 0.15) is 15.9 Å². The molecule has 0 atom stereocenters. The van der Waals surface area contributed by atoms with E-state index in [2.05, 4.69) is 9.84 Å². The lowest BCUT2D eigenvalue weighted by Crippen LogP contribution is -2.03. The maximum Gasteiger partial charge on any atom is 0.337 e. The molecule has 1 heterocycles. The Morgan fingerprint density at radius 2 is 2.35 bits per heavy atom. The second-order valence-electron chi connectivity index (χ2n) is 3.49. The van der Waals surface area contributed by atoms with Gasteiger partial charge in [-0.05, 0) is 18.2 Å². The molecule has 0 bridgehead atoms. The van der Waals surface area contributed by atoms with E-state index < -0.39 is 0 Å². The zero-order valence-electron chi connectivity index (χ0n) is 9.33. The number of carbonyl (C=O) groups is 1. The van der Waals surface area contributed by atoms with Crippen molar-refractivity contribution in [1.82, 2.24) is 9.78 Å². The third-order valence-electron chi connectivity index (χ3n) is 2.35. The highest BCUT2D eigenvalue weighted by molar-refractivity contribution is 5.89. The fourth-order valence-electron chi connectivity index (χ4n) is 1.48. The molecule has 1 aromatic carbocycles. The Hall–Kier alpha value is -2.14. The van der Waals surface area contributed by atoms with Crippen molar-refractivity contribution in [2.24, 2.45) is 0 Å². The smallest absolute Gasteiger partial charge is 0.337 e. The first-order chi connectivity index (χ1) is 8.24. The van der Waals surface area contributed by atoms with Crippen LogP contribution in [-0.4, -0.2) is 28.0 Å². The highest BCUT2D eigenvalue weighted by Gasteiger charge is 2.07. The van der Waals surface area contributed by atoms with Crippen LogP contribution < -0.4 is 0 Å². The summed E-state index contributed by atoms with van der Waals surface area (Å²) in [5, 5.41) is 13.0. The first-order valence-electron chi connectivity index (χ1n) is 5.07. The van der Waals surface area contributed by atoms with Crippen LogP contribution in [0.25, 0.3) is 5.69 Å². The highest BCUT2D eigenvalue weighted by Crippen LogP contribution is 2.11. The molecule has 0 saturated carbocycles. The van der Waals surface area contributed by atoms with Crippen LogP contribution in [-0.2, 0) is 11.3 Å². The number of hydrogen-bond acceptors (Lipinski definition) is 4. The van der Waals surface area contributed by atoms with Crippen molar-refractivity contribution in [2.75, 3.05) is 7.11 Å². The van der Waals surface area contributed by atoms with Crippen molar-refractivity contribution >= 4 is 5.97 Å². The van der Waals surface area contributed by atoms with Crippen LogP contribution >= 0.6 is 0 Å². The fourth-order valence-corrected chi connectivity index (χ4v) is 1.48. The Balaban J connectivity index is 2.35. The molecule has 1 N–H and O–H groups in total. The van der Waals surface area contributed by atoms with E-state index in [0.29, 0.717) is 11.1 Å². The maximum atomic E-state index is 11.4. The Morgan fingerprint density at radius 3 is 3.00 bits per heavy atom. The van der Waals surface area contributed by atoms with Gasteiger partial charge in [-0.25, -0.2) is 9.48 Å². The molecule has 2 rings (SSSR count). The van der Waals surface area contributed by atoms with E-state index in [-0.39, 0.29) is 12.6 Å². The minimum atomic E-state index is -0.388. The number of benzene rings is 1. The Morgan fingerprint density at radius 1 is 1.53 bits per heavy atom. The van der Waals surface area contributed by atoms with Gasteiger partial charge in [0.15, 0.2) is 0 Å². The van der Waals surface area contributed by atoms with Gasteiger partial charge in [0, 0.05) is 11.8 Å². The number of aliphatic hydroxyl groups excluding tert-OH is 1. The van der Waals surface area contributed by atoms with E-state index in [1.54, 1.807) is 35.3 Å². The Kier molecular flexibility index (Phi) is 3.20. The summed E-state index contributed by atoms with van der Waals surface area (Å²) in [7, 11) is 1.34. The molecule has 5 nitrogen and oxygen atoms in total. The molecule has 2 aromatic rings. The molecule has 0 unspecified atom stereocenters. The van der Waals surface area contributed by atoms with Gasteiger partial charge in [0.2, 0.25) is 0 Å². The Labute approximate surface area is 98.3 Å². The normalized spacial score (nSPS) is 10.2. The molecular formula is C12H12N2O3. The van der Waals surface area contributed by atoms with E-state index in [1.165, 1.54) is 7.11 Å². The number of aromatic nitrogens is 2. The van der Waals surface area contributed by atoms with E-state index in [1.807, 2.05) is 6.07 Å². The standard InChI is InChI=1S/C12H12N2O3/c1-17-12(16)10-3-2-4-11(5-10)14-7-9(8-15)6-13-14/h2-7,15H,8H2,1H3. The van der Waals surface area contributed by atoms with Crippen LogP contribution in [0.15, 0.2) is 36.7 Å². The number of methoxy groups -OCH3 is 1. The summed E-state index contributed by atoms with van der Waals surface area (Å²) in [6.07, 6.45) is 3.28. The average molecular weight is 232 g/mol. The number of aliphatic hydroxyl groups is 1.